The number of hydrogen-bond donors (Lipinski definition) is 2. The molecule has 2 N–H and O–H groups in total. The van der Waals surface area contributed by atoms with Gasteiger partial charge in [0.2, 0.25) is 0 Å². The molecule has 0 radical (unpaired) electrons. The van der Waals surface area contributed by atoms with Crippen LogP contribution in [-0.2, 0) is 0 Å². The Bertz CT molecular complexity index is 318. The Balaban J connectivity index is 1.97. The minimum absolute atomic E-state index is 0.484. The molecule has 2 heterocycles. The van der Waals surface area contributed by atoms with Gasteiger partial charge in [0.25, 0.3) is 0 Å². The van der Waals surface area contributed by atoms with Crippen molar-refractivity contribution in [2.45, 2.75) is 13.0 Å². The second-order valence-electron chi connectivity index (χ2n) is 4.36. The molecular weight excluding hydrogens is 218 g/mol. The summed E-state index contributed by atoms with van der Waals surface area (Å²) in [5, 5.41) is 9.02. The maximum Gasteiger partial charge on any atom is 0.0544 e. The van der Waals surface area contributed by atoms with Crippen molar-refractivity contribution in [2.75, 3.05) is 39.8 Å². The molecule has 1 atom stereocenters. The minimum Gasteiger partial charge on any atom is -0.314 e. The summed E-state index contributed by atoms with van der Waals surface area (Å²) in [6.07, 6.45) is 0. The Hall–Kier alpha value is -0.420. The molecule has 0 saturated carbocycles. The van der Waals surface area contributed by atoms with Crippen LogP contribution in [0, 0.1) is 6.92 Å². The Morgan fingerprint density at radius 3 is 2.81 bits per heavy atom. The Kier molecular flexibility index (Phi) is 4.35. The molecule has 0 bridgehead atoms. The van der Waals surface area contributed by atoms with Crippen molar-refractivity contribution in [3.05, 3.63) is 21.9 Å². The number of nitrogens with one attached hydrogen (secondary N) is 2. The molecule has 4 heteroatoms. The first-order chi connectivity index (χ1) is 7.81. The third kappa shape index (κ3) is 2.83. The Morgan fingerprint density at radius 1 is 1.50 bits per heavy atom. The average Bonchev–Trinajstić information content (AvgIpc) is 2.74. The van der Waals surface area contributed by atoms with Crippen molar-refractivity contribution in [2.24, 2.45) is 0 Å². The molecule has 1 aromatic heterocycles. The molecule has 16 heavy (non-hydrogen) atoms. The highest BCUT2D eigenvalue weighted by Gasteiger charge is 2.18. The van der Waals surface area contributed by atoms with E-state index in [2.05, 4.69) is 41.0 Å². The summed E-state index contributed by atoms with van der Waals surface area (Å²) in [7, 11) is 2.06. The molecule has 1 aromatic rings. The molecular formula is C12H21N3S. The van der Waals surface area contributed by atoms with Gasteiger partial charge >= 0.3 is 0 Å². The van der Waals surface area contributed by atoms with Crippen LogP contribution in [0.15, 0.2) is 11.4 Å². The van der Waals surface area contributed by atoms with Crippen molar-refractivity contribution < 1.29 is 0 Å². The van der Waals surface area contributed by atoms with E-state index in [1.807, 2.05) is 11.3 Å². The fourth-order valence-corrected chi connectivity index (χ4v) is 3.23. The van der Waals surface area contributed by atoms with Crippen LogP contribution >= 0.6 is 11.3 Å². The van der Waals surface area contributed by atoms with Crippen molar-refractivity contribution in [1.29, 1.82) is 0 Å². The first kappa shape index (κ1) is 12.0. The highest BCUT2D eigenvalue weighted by Crippen LogP contribution is 2.24. The highest BCUT2D eigenvalue weighted by molar-refractivity contribution is 7.10. The van der Waals surface area contributed by atoms with Crippen LogP contribution in [-0.4, -0.2) is 44.7 Å². The Labute approximate surface area is 102 Å². The zero-order valence-corrected chi connectivity index (χ0v) is 10.9. The lowest BCUT2D eigenvalue weighted by Crippen LogP contribution is -2.46. The number of nitrogens with zero attached hydrogens (tertiary/aromatic N) is 1. The van der Waals surface area contributed by atoms with E-state index in [9.17, 15) is 0 Å². The fraction of sp³-hybridized carbons (Fsp3) is 0.667. The van der Waals surface area contributed by atoms with Gasteiger partial charge in [-0.2, -0.15) is 0 Å². The lowest BCUT2D eigenvalue weighted by Gasteiger charge is -2.30. The van der Waals surface area contributed by atoms with Gasteiger partial charge < -0.3 is 10.6 Å². The number of likely N-dealkylation sites (N-methyl/N-ethyl adjacent to an activating group) is 1. The van der Waals surface area contributed by atoms with E-state index in [1.165, 1.54) is 23.5 Å². The third-order valence-corrected chi connectivity index (χ3v) is 4.35. The molecule has 1 fully saturated rings. The van der Waals surface area contributed by atoms with Crippen molar-refractivity contribution in [3.8, 4) is 0 Å². The molecule has 1 aliphatic rings. The van der Waals surface area contributed by atoms with E-state index in [0.29, 0.717) is 6.04 Å². The number of rotatable bonds is 4. The van der Waals surface area contributed by atoms with Gasteiger partial charge in [-0.3, -0.25) is 4.90 Å². The van der Waals surface area contributed by atoms with E-state index in [-0.39, 0.29) is 0 Å². The summed E-state index contributed by atoms with van der Waals surface area (Å²) in [4.78, 5) is 4.03. The maximum absolute atomic E-state index is 3.44. The van der Waals surface area contributed by atoms with Gasteiger partial charge in [-0.05, 0) is 31.0 Å². The summed E-state index contributed by atoms with van der Waals surface area (Å²) in [6.45, 7) is 7.92. The van der Waals surface area contributed by atoms with E-state index in [1.54, 1.807) is 0 Å². The third-order valence-electron chi connectivity index (χ3n) is 3.22. The highest BCUT2D eigenvalue weighted by atomic mass is 32.1. The molecule has 2 rings (SSSR count). The normalized spacial score (nSPS) is 19.9. The first-order valence-electron chi connectivity index (χ1n) is 5.95. The van der Waals surface area contributed by atoms with Gasteiger partial charge in [-0.1, -0.05) is 0 Å². The summed E-state index contributed by atoms with van der Waals surface area (Å²) in [6, 6.07) is 2.69. The van der Waals surface area contributed by atoms with Crippen molar-refractivity contribution in [1.82, 2.24) is 15.5 Å². The first-order valence-corrected chi connectivity index (χ1v) is 6.83. The zero-order valence-electron chi connectivity index (χ0n) is 10.1. The molecule has 1 saturated heterocycles. The maximum atomic E-state index is 3.44. The topological polar surface area (TPSA) is 27.3 Å². The van der Waals surface area contributed by atoms with Crippen LogP contribution in [0.5, 0.6) is 0 Å². The summed E-state index contributed by atoms with van der Waals surface area (Å²) >= 11 is 1.87. The second kappa shape index (κ2) is 5.77. The summed E-state index contributed by atoms with van der Waals surface area (Å²) < 4.78 is 0. The number of aryl methyl sites for hydroxylation is 1. The summed E-state index contributed by atoms with van der Waals surface area (Å²) in [5.74, 6) is 0. The van der Waals surface area contributed by atoms with Gasteiger partial charge in [0.15, 0.2) is 0 Å². The molecule has 3 nitrogen and oxygen atoms in total. The second-order valence-corrected chi connectivity index (χ2v) is 5.31. The predicted octanol–water partition coefficient (Wildman–Crippen LogP) is 1.22. The molecule has 0 amide bonds. The lowest BCUT2D eigenvalue weighted by molar-refractivity contribution is 0.220. The SMILES string of the molecule is CNC(CN1CCNCC1)c1sccc1C. The standard InChI is InChI=1S/C12H21N3S/c1-10-3-8-16-12(10)11(13-2)9-15-6-4-14-5-7-15/h3,8,11,13-14H,4-7,9H2,1-2H3. The van der Waals surface area contributed by atoms with Crippen LogP contribution in [0.3, 0.4) is 0 Å². The molecule has 0 spiro atoms. The smallest absolute Gasteiger partial charge is 0.0544 e. The summed E-state index contributed by atoms with van der Waals surface area (Å²) in [5.41, 5.74) is 1.42. The van der Waals surface area contributed by atoms with Gasteiger partial charge in [-0.25, -0.2) is 0 Å². The Morgan fingerprint density at radius 2 is 2.25 bits per heavy atom. The average molecular weight is 239 g/mol. The van der Waals surface area contributed by atoms with E-state index < -0.39 is 0 Å². The van der Waals surface area contributed by atoms with Crippen LogP contribution in [0.1, 0.15) is 16.5 Å². The van der Waals surface area contributed by atoms with E-state index in [0.717, 1.165) is 19.6 Å². The molecule has 0 aromatic carbocycles. The van der Waals surface area contributed by atoms with E-state index >= 15 is 0 Å². The van der Waals surface area contributed by atoms with Gasteiger partial charge in [-0.15, -0.1) is 11.3 Å². The van der Waals surface area contributed by atoms with Crippen LogP contribution in [0.2, 0.25) is 0 Å². The minimum atomic E-state index is 0.484. The number of thiophene rings is 1. The van der Waals surface area contributed by atoms with Gasteiger partial charge in [0, 0.05) is 37.6 Å². The van der Waals surface area contributed by atoms with Crippen molar-refractivity contribution in [3.63, 3.8) is 0 Å². The quantitative estimate of drug-likeness (QED) is 0.827. The van der Waals surface area contributed by atoms with Gasteiger partial charge in [0.05, 0.1) is 6.04 Å². The lowest BCUT2D eigenvalue weighted by atomic mass is 10.1. The molecule has 1 unspecified atom stereocenters. The predicted molar refractivity (Wildman–Crippen MR) is 70.2 cm³/mol. The zero-order chi connectivity index (χ0) is 11.4. The molecule has 0 aliphatic carbocycles. The van der Waals surface area contributed by atoms with Gasteiger partial charge in [0.1, 0.15) is 0 Å². The molecule has 1 aliphatic heterocycles. The van der Waals surface area contributed by atoms with Crippen LogP contribution < -0.4 is 10.6 Å². The van der Waals surface area contributed by atoms with Crippen LogP contribution in [0.25, 0.3) is 0 Å². The fourth-order valence-electron chi connectivity index (χ4n) is 2.20. The van der Waals surface area contributed by atoms with Crippen LogP contribution in [0.4, 0.5) is 0 Å². The monoisotopic (exact) mass is 239 g/mol. The van der Waals surface area contributed by atoms with Crippen molar-refractivity contribution >= 4 is 11.3 Å². The largest absolute Gasteiger partial charge is 0.314 e. The van der Waals surface area contributed by atoms with E-state index in [4.69, 9.17) is 0 Å². The number of hydrogen-bond acceptors (Lipinski definition) is 4. The molecule has 90 valence electrons. The number of piperazine rings is 1.